The number of carbonyl (C=O) groups is 1. The van der Waals surface area contributed by atoms with Gasteiger partial charge < -0.3 is 10.7 Å². The Labute approximate surface area is 120 Å². The van der Waals surface area contributed by atoms with Crippen molar-refractivity contribution in [1.82, 2.24) is 4.98 Å². The van der Waals surface area contributed by atoms with Crippen LogP contribution in [0.3, 0.4) is 0 Å². The van der Waals surface area contributed by atoms with E-state index >= 15 is 0 Å². The average Bonchev–Trinajstić information content (AvgIpc) is 2.46. The van der Waals surface area contributed by atoms with Crippen LogP contribution < -0.4 is 16.6 Å². The molecule has 4 N–H and O–H groups in total. The Morgan fingerprint density at radius 3 is 2.71 bits per heavy atom. The van der Waals surface area contributed by atoms with Crippen molar-refractivity contribution in [1.29, 1.82) is 0 Å². The van der Waals surface area contributed by atoms with Crippen LogP contribution in [0.4, 0.5) is 17.1 Å². The minimum atomic E-state index is -0.609. The molecule has 0 saturated heterocycles. The molecule has 0 fully saturated rings. The summed E-state index contributed by atoms with van der Waals surface area (Å²) in [5.41, 5.74) is 3.57. The second kappa shape index (κ2) is 5.97. The van der Waals surface area contributed by atoms with Crippen molar-refractivity contribution in [3.63, 3.8) is 0 Å². The lowest BCUT2D eigenvalue weighted by atomic mass is 10.1. The van der Waals surface area contributed by atoms with Crippen LogP contribution in [-0.2, 0) is 0 Å². The molecule has 0 bridgehead atoms. The van der Waals surface area contributed by atoms with E-state index in [1.54, 1.807) is 25.3 Å². The molecule has 2 aromatic rings. The largest absolute Gasteiger partial charge is 0.322 e. The third kappa shape index (κ3) is 3.31. The van der Waals surface area contributed by atoms with E-state index in [-0.39, 0.29) is 16.9 Å². The van der Waals surface area contributed by atoms with Gasteiger partial charge >= 0.3 is 0 Å². The van der Waals surface area contributed by atoms with Crippen molar-refractivity contribution < 1.29 is 9.72 Å². The zero-order valence-corrected chi connectivity index (χ0v) is 11.2. The number of carbonyl (C=O) groups excluding carboxylic acids is 1. The predicted octanol–water partition coefficient (Wildman–Crippen LogP) is 1.84. The monoisotopic (exact) mass is 287 g/mol. The highest BCUT2D eigenvalue weighted by Gasteiger charge is 2.17. The highest BCUT2D eigenvalue weighted by molar-refractivity contribution is 6.05. The van der Waals surface area contributed by atoms with Gasteiger partial charge in [-0.1, -0.05) is 0 Å². The number of nitrogens with one attached hydrogen (secondary N) is 2. The number of aromatic nitrogens is 1. The molecule has 0 aliphatic carbocycles. The number of nitro benzene ring substituents is 1. The Hall–Kier alpha value is -3.00. The highest BCUT2D eigenvalue weighted by Crippen LogP contribution is 2.25. The molecule has 1 aromatic carbocycles. The lowest BCUT2D eigenvalue weighted by Gasteiger charge is -2.07. The van der Waals surface area contributed by atoms with Crippen molar-refractivity contribution in [2.24, 2.45) is 5.84 Å². The van der Waals surface area contributed by atoms with Gasteiger partial charge in [0.05, 0.1) is 4.92 Å². The van der Waals surface area contributed by atoms with E-state index in [4.69, 9.17) is 5.84 Å². The maximum Gasteiger partial charge on any atom is 0.294 e. The first kappa shape index (κ1) is 14.4. The number of nitrogen functional groups attached to an aromatic ring is 1. The van der Waals surface area contributed by atoms with Crippen LogP contribution in [-0.4, -0.2) is 15.8 Å². The van der Waals surface area contributed by atoms with Crippen molar-refractivity contribution in [3.8, 4) is 0 Å². The van der Waals surface area contributed by atoms with E-state index < -0.39 is 10.8 Å². The Morgan fingerprint density at radius 2 is 2.10 bits per heavy atom. The molecule has 1 amide bonds. The van der Waals surface area contributed by atoms with Gasteiger partial charge in [0, 0.05) is 29.2 Å². The smallest absolute Gasteiger partial charge is 0.294 e. The zero-order valence-electron chi connectivity index (χ0n) is 11.2. The number of anilines is 2. The molecule has 0 aliphatic heterocycles. The van der Waals surface area contributed by atoms with Crippen LogP contribution in [0, 0.1) is 17.0 Å². The summed E-state index contributed by atoms with van der Waals surface area (Å²) >= 11 is 0. The van der Waals surface area contributed by atoms with Crippen LogP contribution in [0.15, 0.2) is 36.5 Å². The Kier molecular flexibility index (Phi) is 4.10. The molecule has 108 valence electrons. The van der Waals surface area contributed by atoms with E-state index in [0.29, 0.717) is 5.69 Å². The number of aryl methyl sites for hydroxylation is 1. The minimum absolute atomic E-state index is 0.135. The van der Waals surface area contributed by atoms with E-state index in [1.807, 2.05) is 0 Å². The van der Waals surface area contributed by atoms with Gasteiger partial charge in [-0.25, -0.2) is 0 Å². The van der Waals surface area contributed by atoms with Crippen molar-refractivity contribution >= 4 is 23.0 Å². The number of hydrazine groups is 1. The molecule has 8 heteroatoms. The standard InChI is InChI=1S/C13H13N5O3/c1-8-6-10(4-5-15-8)16-13(19)9-2-3-11(17-14)12(7-9)18(20)21/h2-7,17H,14H2,1H3,(H,15,16,19). The summed E-state index contributed by atoms with van der Waals surface area (Å²) in [6.07, 6.45) is 1.56. The van der Waals surface area contributed by atoms with Crippen LogP contribution >= 0.6 is 0 Å². The van der Waals surface area contributed by atoms with Crippen molar-refractivity contribution in [2.45, 2.75) is 6.92 Å². The molecule has 0 saturated carbocycles. The van der Waals surface area contributed by atoms with E-state index in [9.17, 15) is 14.9 Å². The van der Waals surface area contributed by atoms with E-state index in [1.165, 1.54) is 18.2 Å². The summed E-state index contributed by atoms with van der Waals surface area (Å²) in [4.78, 5) is 26.4. The van der Waals surface area contributed by atoms with E-state index in [0.717, 1.165) is 5.69 Å². The second-order valence-electron chi connectivity index (χ2n) is 4.27. The molecule has 8 nitrogen and oxygen atoms in total. The fourth-order valence-corrected chi connectivity index (χ4v) is 1.77. The maximum atomic E-state index is 12.1. The summed E-state index contributed by atoms with van der Waals surface area (Å²) < 4.78 is 0. The summed E-state index contributed by atoms with van der Waals surface area (Å²) in [6.45, 7) is 1.79. The maximum absolute atomic E-state index is 12.1. The lowest BCUT2D eigenvalue weighted by Crippen LogP contribution is -2.14. The quantitative estimate of drug-likeness (QED) is 0.448. The number of hydrogen-bond donors (Lipinski definition) is 3. The topological polar surface area (TPSA) is 123 Å². The summed E-state index contributed by atoms with van der Waals surface area (Å²) in [6, 6.07) is 7.33. The molecule has 0 radical (unpaired) electrons. The lowest BCUT2D eigenvalue weighted by molar-refractivity contribution is -0.384. The van der Waals surface area contributed by atoms with Crippen LogP contribution in [0.25, 0.3) is 0 Å². The fraction of sp³-hybridized carbons (Fsp3) is 0.0769. The molecule has 0 aliphatic rings. The highest BCUT2D eigenvalue weighted by atomic mass is 16.6. The average molecular weight is 287 g/mol. The number of amides is 1. The molecule has 21 heavy (non-hydrogen) atoms. The van der Waals surface area contributed by atoms with Gasteiger partial charge in [-0.05, 0) is 31.2 Å². The fourth-order valence-electron chi connectivity index (χ4n) is 1.77. The molecule has 0 atom stereocenters. The number of hydrogen-bond acceptors (Lipinski definition) is 6. The molecule has 2 rings (SSSR count). The Balaban J connectivity index is 2.27. The van der Waals surface area contributed by atoms with Crippen LogP contribution in [0.2, 0.25) is 0 Å². The van der Waals surface area contributed by atoms with Gasteiger partial charge in [-0.2, -0.15) is 0 Å². The number of benzene rings is 1. The summed E-state index contributed by atoms with van der Waals surface area (Å²) in [7, 11) is 0. The van der Waals surface area contributed by atoms with Gasteiger partial charge in [-0.3, -0.25) is 25.7 Å². The van der Waals surface area contributed by atoms with Gasteiger partial charge in [0.15, 0.2) is 0 Å². The Morgan fingerprint density at radius 1 is 1.33 bits per heavy atom. The third-order valence-corrected chi connectivity index (χ3v) is 2.77. The second-order valence-corrected chi connectivity index (χ2v) is 4.27. The molecule has 1 heterocycles. The number of pyridine rings is 1. The first-order valence-electron chi connectivity index (χ1n) is 6.00. The van der Waals surface area contributed by atoms with Gasteiger partial charge in [0.25, 0.3) is 11.6 Å². The van der Waals surface area contributed by atoms with Gasteiger partial charge in [0.1, 0.15) is 5.69 Å². The van der Waals surface area contributed by atoms with Crippen LogP contribution in [0.5, 0.6) is 0 Å². The molecule has 0 unspecified atom stereocenters. The van der Waals surface area contributed by atoms with Gasteiger partial charge in [-0.15, -0.1) is 0 Å². The Bertz CT molecular complexity index is 702. The minimum Gasteiger partial charge on any atom is -0.322 e. The third-order valence-electron chi connectivity index (χ3n) is 2.77. The number of nitrogens with zero attached hydrogens (tertiary/aromatic N) is 2. The van der Waals surface area contributed by atoms with Crippen molar-refractivity contribution in [3.05, 3.63) is 57.9 Å². The zero-order chi connectivity index (χ0) is 15.4. The first-order valence-corrected chi connectivity index (χ1v) is 6.00. The van der Waals surface area contributed by atoms with Crippen molar-refractivity contribution in [2.75, 3.05) is 10.7 Å². The summed E-state index contributed by atoms with van der Waals surface area (Å²) in [5.74, 6) is 4.74. The SMILES string of the molecule is Cc1cc(NC(=O)c2ccc(NN)c([N+](=O)[O-])c2)ccn1. The van der Waals surface area contributed by atoms with E-state index in [2.05, 4.69) is 15.7 Å². The summed E-state index contributed by atoms with van der Waals surface area (Å²) in [5, 5.41) is 13.6. The number of nitro groups is 1. The first-order chi connectivity index (χ1) is 10.0. The molecule has 1 aromatic heterocycles. The molecular weight excluding hydrogens is 274 g/mol. The molecule has 0 spiro atoms. The van der Waals surface area contributed by atoms with Crippen LogP contribution in [0.1, 0.15) is 16.1 Å². The normalized spacial score (nSPS) is 10.0. The number of nitrogens with two attached hydrogens (primary N) is 1. The molecular formula is C13H13N5O3. The van der Waals surface area contributed by atoms with Gasteiger partial charge in [0.2, 0.25) is 0 Å². The predicted molar refractivity (Wildman–Crippen MR) is 77.8 cm³/mol. The number of rotatable bonds is 4.